The van der Waals surface area contributed by atoms with Crippen molar-refractivity contribution in [2.24, 2.45) is 0 Å². The Balaban J connectivity index is 0.000000250. The summed E-state index contributed by atoms with van der Waals surface area (Å²) in [5.41, 5.74) is 0. The molecule has 1 N–H and O–H groups in total. The van der Waals surface area contributed by atoms with Crippen molar-refractivity contribution in [1.29, 1.82) is 0 Å². The molecule has 0 aliphatic heterocycles. The van der Waals surface area contributed by atoms with Gasteiger partial charge in [0.1, 0.15) is 0 Å². The fourth-order valence-electron chi connectivity index (χ4n) is 0.241. The number of aromatic nitrogens is 1. The Morgan fingerprint density at radius 1 is 1.50 bits per heavy atom. The van der Waals surface area contributed by atoms with Crippen molar-refractivity contribution < 1.29 is 31.1 Å². The van der Waals surface area contributed by atoms with Gasteiger partial charge < -0.3 is 4.98 Å². The standard InChI is InChI=1S/C4H4N.U/c1-2-4-5-3-1;/h1,3-5H;/q-1;. The molecular weight excluding hydrogens is 300 g/mol. The first kappa shape index (κ1) is 6.33. The summed E-state index contributed by atoms with van der Waals surface area (Å²) in [6.07, 6.45) is 3.57. The first-order valence-corrected chi connectivity index (χ1v) is 1.49. The Morgan fingerprint density at radius 3 is 2.50 bits per heavy atom. The van der Waals surface area contributed by atoms with Crippen LogP contribution in [0.4, 0.5) is 0 Å². The molecule has 1 aromatic rings. The molecule has 0 unspecified atom stereocenters. The van der Waals surface area contributed by atoms with Gasteiger partial charge in [0.25, 0.3) is 0 Å². The largest absolute Gasteiger partial charge is 0.461 e. The van der Waals surface area contributed by atoms with E-state index in [9.17, 15) is 0 Å². The Labute approximate surface area is 60.5 Å². The summed E-state index contributed by atoms with van der Waals surface area (Å²) < 4.78 is 0. The van der Waals surface area contributed by atoms with E-state index in [1.165, 1.54) is 0 Å². The van der Waals surface area contributed by atoms with Crippen LogP contribution in [0, 0.1) is 37.2 Å². The maximum absolute atomic E-state index is 2.81. The second-order valence-electron chi connectivity index (χ2n) is 0.811. The summed E-state index contributed by atoms with van der Waals surface area (Å²) in [6.45, 7) is 0. The quantitative estimate of drug-likeness (QED) is 0.683. The topological polar surface area (TPSA) is 15.8 Å². The molecular formula is C4H4NU-. The number of nitrogens with one attached hydrogen (secondary N) is 1. The van der Waals surface area contributed by atoms with Crippen molar-refractivity contribution in [3.05, 3.63) is 24.5 Å². The smallest absolute Gasteiger partial charge is 0 e. The molecule has 2 heteroatoms. The van der Waals surface area contributed by atoms with Gasteiger partial charge in [0.05, 0.1) is 0 Å². The van der Waals surface area contributed by atoms with E-state index < -0.39 is 0 Å². The van der Waals surface area contributed by atoms with E-state index in [-0.39, 0.29) is 31.1 Å². The van der Waals surface area contributed by atoms with E-state index in [2.05, 4.69) is 11.1 Å². The molecule has 1 rings (SSSR count). The van der Waals surface area contributed by atoms with Crippen LogP contribution in [0.1, 0.15) is 0 Å². The van der Waals surface area contributed by atoms with Gasteiger partial charge in [-0.2, -0.15) is 0 Å². The normalized spacial score (nSPS) is 6.67. The van der Waals surface area contributed by atoms with Gasteiger partial charge in [0.15, 0.2) is 0 Å². The van der Waals surface area contributed by atoms with Crippen LogP contribution in [-0.4, -0.2) is 4.98 Å². The third-order valence-electron chi connectivity index (χ3n) is 0.442. The molecule has 30 valence electrons. The van der Waals surface area contributed by atoms with Gasteiger partial charge in [-0.3, -0.25) is 0 Å². The number of aromatic amines is 1. The fraction of sp³-hybridized carbons (Fsp3) is 0. The number of rotatable bonds is 0. The summed E-state index contributed by atoms with van der Waals surface area (Å²) in [4.78, 5) is 2.81. The molecule has 0 atom stereocenters. The second-order valence-corrected chi connectivity index (χ2v) is 0.811. The van der Waals surface area contributed by atoms with E-state index in [1.54, 1.807) is 6.20 Å². The van der Waals surface area contributed by atoms with E-state index in [0.29, 0.717) is 0 Å². The molecule has 0 saturated carbocycles. The fourth-order valence-corrected chi connectivity index (χ4v) is 0.241. The summed E-state index contributed by atoms with van der Waals surface area (Å²) in [7, 11) is 0. The summed E-state index contributed by atoms with van der Waals surface area (Å²) in [6, 6.07) is 4.62. The summed E-state index contributed by atoms with van der Waals surface area (Å²) >= 11 is 0. The van der Waals surface area contributed by atoms with Crippen molar-refractivity contribution in [2.45, 2.75) is 0 Å². The Hall–Kier alpha value is 0.332. The third kappa shape index (κ3) is 1.69. The summed E-state index contributed by atoms with van der Waals surface area (Å²) in [5.74, 6) is 0. The molecule has 0 bridgehead atoms. The monoisotopic (exact) mass is 304 g/mol. The zero-order valence-corrected chi connectivity index (χ0v) is 7.40. The van der Waals surface area contributed by atoms with Gasteiger partial charge in [-0.25, -0.2) is 12.1 Å². The van der Waals surface area contributed by atoms with E-state index in [0.717, 1.165) is 0 Å². The van der Waals surface area contributed by atoms with E-state index >= 15 is 0 Å². The van der Waals surface area contributed by atoms with Gasteiger partial charge in [-0.05, 0) is 0 Å². The van der Waals surface area contributed by atoms with Crippen LogP contribution in [0.5, 0.6) is 0 Å². The molecule has 0 aromatic carbocycles. The van der Waals surface area contributed by atoms with Crippen molar-refractivity contribution in [3.63, 3.8) is 0 Å². The molecule has 1 nitrogen and oxygen atoms in total. The van der Waals surface area contributed by atoms with E-state index in [4.69, 9.17) is 0 Å². The van der Waals surface area contributed by atoms with E-state index in [1.807, 2.05) is 12.3 Å². The molecule has 6 heavy (non-hydrogen) atoms. The van der Waals surface area contributed by atoms with Crippen LogP contribution >= 0.6 is 0 Å². The SMILES string of the molecule is [U].[c-]1cc[nH]c1. The van der Waals surface area contributed by atoms with Crippen LogP contribution in [0.3, 0.4) is 0 Å². The minimum Gasteiger partial charge on any atom is -0.461 e. The summed E-state index contributed by atoms with van der Waals surface area (Å²) in [5, 5.41) is 0. The van der Waals surface area contributed by atoms with Crippen LogP contribution in [0.2, 0.25) is 0 Å². The van der Waals surface area contributed by atoms with Crippen molar-refractivity contribution >= 4 is 0 Å². The Bertz CT molecular complexity index is 64.0. The first-order chi connectivity index (χ1) is 2.50. The van der Waals surface area contributed by atoms with Crippen LogP contribution in [0.25, 0.3) is 0 Å². The minimum atomic E-state index is 0. The number of H-pyrrole nitrogens is 1. The molecule has 0 aliphatic carbocycles. The van der Waals surface area contributed by atoms with Crippen molar-refractivity contribution in [3.8, 4) is 0 Å². The third-order valence-corrected chi connectivity index (χ3v) is 0.442. The zero-order valence-electron chi connectivity index (χ0n) is 3.23. The maximum atomic E-state index is 2.81. The predicted molar refractivity (Wildman–Crippen MR) is 19.6 cm³/mol. The molecule has 0 fully saturated rings. The minimum absolute atomic E-state index is 0. The molecule has 1 aromatic heterocycles. The molecule has 0 saturated heterocycles. The van der Waals surface area contributed by atoms with Crippen molar-refractivity contribution in [2.75, 3.05) is 0 Å². The van der Waals surface area contributed by atoms with Gasteiger partial charge >= 0.3 is 0 Å². The van der Waals surface area contributed by atoms with Crippen LogP contribution in [0.15, 0.2) is 18.5 Å². The maximum Gasteiger partial charge on any atom is 0 e. The van der Waals surface area contributed by atoms with Gasteiger partial charge in [0.2, 0.25) is 0 Å². The predicted octanol–water partition coefficient (Wildman–Crippen LogP) is 0.815. The van der Waals surface area contributed by atoms with Gasteiger partial charge in [0, 0.05) is 31.1 Å². The Kier molecular flexibility index (Phi) is 3.71. The average Bonchev–Trinajstić information content (AvgIpc) is 1.76. The first-order valence-electron chi connectivity index (χ1n) is 1.49. The second kappa shape index (κ2) is 3.52. The van der Waals surface area contributed by atoms with Crippen LogP contribution < -0.4 is 0 Å². The zero-order chi connectivity index (χ0) is 3.54. The molecule has 0 spiro atoms. The number of hydrogen-bond donors (Lipinski definition) is 1. The Morgan fingerprint density at radius 2 is 2.33 bits per heavy atom. The van der Waals surface area contributed by atoms with Crippen molar-refractivity contribution in [1.82, 2.24) is 4.98 Å². The molecule has 0 amide bonds. The van der Waals surface area contributed by atoms with Gasteiger partial charge in [-0.15, -0.1) is 12.4 Å². The average molecular weight is 304 g/mol. The molecule has 0 radical (unpaired) electrons. The van der Waals surface area contributed by atoms with Gasteiger partial charge in [-0.1, -0.05) is 0 Å². The number of hydrogen-bond acceptors (Lipinski definition) is 0. The van der Waals surface area contributed by atoms with Crippen LogP contribution in [-0.2, 0) is 0 Å². The molecule has 0 aliphatic rings. The molecule has 1 heterocycles.